The van der Waals surface area contributed by atoms with Gasteiger partial charge in [-0.3, -0.25) is 4.79 Å². The lowest BCUT2D eigenvalue weighted by molar-refractivity contribution is 0.100. The number of carbonyl (C=O) groups excluding carboxylic acids is 1. The number of hydrogen-bond donors (Lipinski definition) is 0. The molecule has 126 valence electrons. The van der Waals surface area contributed by atoms with E-state index in [-0.39, 0.29) is 0 Å². The smallest absolute Gasteiger partial charge is 0.287 e. The van der Waals surface area contributed by atoms with Crippen molar-refractivity contribution in [3.05, 3.63) is 96.1 Å². The number of carbonyl (C=O) groups is 1. The Kier molecular flexibility index (Phi) is 4.95. The molecule has 0 saturated heterocycles. The molecular formula is C20H17NO3S. The number of aryl methyl sites for hydroxylation is 1. The van der Waals surface area contributed by atoms with Crippen LogP contribution in [0.5, 0.6) is 5.75 Å². The normalized spacial score (nSPS) is 12.8. The van der Waals surface area contributed by atoms with Crippen LogP contribution in [0.2, 0.25) is 0 Å². The zero-order valence-corrected chi connectivity index (χ0v) is 14.5. The Balaban J connectivity index is 2.08. The molecule has 3 aromatic rings. The van der Waals surface area contributed by atoms with Crippen LogP contribution in [0.3, 0.4) is 0 Å². The fourth-order valence-corrected chi connectivity index (χ4v) is 3.59. The minimum absolute atomic E-state index is 0.353. The number of para-hydroxylation sites is 1. The molecule has 0 aliphatic heterocycles. The van der Waals surface area contributed by atoms with Crippen molar-refractivity contribution in [1.29, 1.82) is 0 Å². The summed E-state index contributed by atoms with van der Waals surface area (Å²) in [6, 6.07) is 24.2. The fraction of sp³-hybridized carbons (Fsp3) is 0.0500. The molecule has 0 aromatic heterocycles. The van der Waals surface area contributed by atoms with Gasteiger partial charge in [0.15, 0.2) is 0 Å². The third kappa shape index (κ3) is 4.14. The van der Waals surface area contributed by atoms with Crippen molar-refractivity contribution in [1.82, 2.24) is 0 Å². The Morgan fingerprint density at radius 3 is 2.00 bits per heavy atom. The van der Waals surface area contributed by atoms with Crippen LogP contribution in [0.1, 0.15) is 15.9 Å². The number of rotatable bonds is 4. The molecular weight excluding hydrogens is 334 g/mol. The molecule has 0 bridgehead atoms. The van der Waals surface area contributed by atoms with Crippen molar-refractivity contribution in [3.63, 3.8) is 0 Å². The van der Waals surface area contributed by atoms with Crippen LogP contribution < -0.4 is 4.18 Å². The van der Waals surface area contributed by atoms with Crippen LogP contribution in [-0.2, 0) is 10.0 Å². The van der Waals surface area contributed by atoms with Crippen LogP contribution in [0.25, 0.3) is 0 Å². The Labute approximate surface area is 147 Å². The highest BCUT2D eigenvalue weighted by Gasteiger charge is 2.18. The lowest BCUT2D eigenvalue weighted by atomic mass is 10.2. The molecule has 0 unspecified atom stereocenters. The number of benzene rings is 3. The average Bonchev–Trinajstić information content (AvgIpc) is 2.63. The van der Waals surface area contributed by atoms with Gasteiger partial charge in [0.2, 0.25) is 10.0 Å². The zero-order chi connectivity index (χ0) is 17.7. The number of amides is 1. The van der Waals surface area contributed by atoms with Crippen molar-refractivity contribution in [2.75, 3.05) is 0 Å². The van der Waals surface area contributed by atoms with Gasteiger partial charge >= 0.3 is 0 Å². The quantitative estimate of drug-likeness (QED) is 0.687. The van der Waals surface area contributed by atoms with Crippen LogP contribution >= 0.6 is 0 Å². The number of hydrogen-bond acceptors (Lipinski definition) is 3. The summed E-state index contributed by atoms with van der Waals surface area (Å²) in [6.07, 6.45) is 0. The zero-order valence-electron chi connectivity index (χ0n) is 13.7. The van der Waals surface area contributed by atoms with E-state index in [4.69, 9.17) is 4.18 Å². The van der Waals surface area contributed by atoms with Gasteiger partial charge in [-0.2, -0.15) is 0 Å². The minimum atomic E-state index is -3.41. The molecule has 0 radical (unpaired) electrons. The van der Waals surface area contributed by atoms with Crippen molar-refractivity contribution in [2.24, 2.45) is 4.36 Å². The van der Waals surface area contributed by atoms with E-state index in [0.29, 0.717) is 16.2 Å². The second-order valence-corrected chi connectivity index (χ2v) is 7.22. The average molecular weight is 351 g/mol. The summed E-state index contributed by atoms with van der Waals surface area (Å²) in [7, 11) is -3.41. The minimum Gasteiger partial charge on any atom is -0.392 e. The molecule has 1 atom stereocenters. The first kappa shape index (κ1) is 16.9. The first-order valence-corrected chi connectivity index (χ1v) is 9.18. The van der Waals surface area contributed by atoms with Crippen LogP contribution in [0.4, 0.5) is 0 Å². The topological polar surface area (TPSA) is 55.7 Å². The highest BCUT2D eigenvalue weighted by Crippen LogP contribution is 2.21. The van der Waals surface area contributed by atoms with Crippen molar-refractivity contribution >= 4 is 15.9 Å². The maximum absolute atomic E-state index is 13.4. The highest BCUT2D eigenvalue weighted by molar-refractivity contribution is 7.89. The van der Waals surface area contributed by atoms with Gasteiger partial charge in [-0.1, -0.05) is 54.1 Å². The molecule has 0 fully saturated rings. The van der Waals surface area contributed by atoms with Gasteiger partial charge in [0.25, 0.3) is 5.91 Å². The Bertz CT molecular complexity index is 974. The summed E-state index contributed by atoms with van der Waals surface area (Å²) in [6.45, 7) is 1.93. The summed E-state index contributed by atoms with van der Waals surface area (Å²) in [5.74, 6) is -0.195. The number of nitrogens with zero attached hydrogens (tertiary/aromatic N) is 1. The van der Waals surface area contributed by atoms with E-state index in [0.717, 1.165) is 5.56 Å². The molecule has 4 nitrogen and oxygen atoms in total. The van der Waals surface area contributed by atoms with Crippen LogP contribution in [-0.4, -0.2) is 10.1 Å². The first-order chi connectivity index (χ1) is 12.1. The van der Waals surface area contributed by atoms with Crippen molar-refractivity contribution in [3.8, 4) is 5.75 Å². The summed E-state index contributed by atoms with van der Waals surface area (Å²) >= 11 is 0. The van der Waals surface area contributed by atoms with Gasteiger partial charge < -0.3 is 4.18 Å². The van der Waals surface area contributed by atoms with Gasteiger partial charge in [-0.15, -0.1) is 4.36 Å². The van der Waals surface area contributed by atoms with E-state index in [1.807, 2.05) is 25.1 Å². The predicted molar refractivity (Wildman–Crippen MR) is 97.9 cm³/mol. The van der Waals surface area contributed by atoms with E-state index in [1.54, 1.807) is 66.7 Å². The third-order valence-corrected chi connectivity index (χ3v) is 5.19. The molecule has 0 spiro atoms. The maximum Gasteiger partial charge on any atom is 0.287 e. The second kappa shape index (κ2) is 7.32. The third-order valence-electron chi connectivity index (χ3n) is 3.50. The standard InChI is InChI=1S/C20H17NO3S/c1-16-12-14-19(15-13-16)25(23,24-18-10-6-3-7-11-18)21-20(22)17-8-4-2-5-9-17/h2-15H,1H3/t25-/m1/s1. The molecule has 5 heteroatoms. The Morgan fingerprint density at radius 2 is 1.40 bits per heavy atom. The monoisotopic (exact) mass is 351 g/mol. The van der Waals surface area contributed by atoms with Crippen molar-refractivity contribution < 1.29 is 13.2 Å². The molecule has 3 aromatic carbocycles. The largest absolute Gasteiger partial charge is 0.392 e. The fourth-order valence-electron chi connectivity index (χ4n) is 2.18. The molecule has 0 saturated carbocycles. The lowest BCUT2D eigenvalue weighted by Gasteiger charge is -2.12. The molecule has 0 N–H and O–H groups in total. The molecule has 0 aliphatic carbocycles. The highest BCUT2D eigenvalue weighted by atomic mass is 32.2. The second-order valence-electron chi connectivity index (χ2n) is 5.45. The molecule has 3 rings (SSSR count). The molecule has 0 heterocycles. The van der Waals surface area contributed by atoms with Gasteiger partial charge in [0, 0.05) is 5.56 Å². The maximum atomic E-state index is 13.4. The molecule has 25 heavy (non-hydrogen) atoms. The summed E-state index contributed by atoms with van der Waals surface area (Å²) in [5, 5.41) is 0. The van der Waals surface area contributed by atoms with Crippen molar-refractivity contribution in [2.45, 2.75) is 11.8 Å². The first-order valence-electron chi connectivity index (χ1n) is 7.74. The van der Waals surface area contributed by atoms with Crippen LogP contribution in [0.15, 0.2) is 94.2 Å². The van der Waals surface area contributed by atoms with Crippen LogP contribution in [0, 0.1) is 6.92 Å². The van der Waals surface area contributed by atoms with E-state index in [2.05, 4.69) is 4.36 Å². The van der Waals surface area contributed by atoms with Gasteiger partial charge in [0.05, 0.1) is 4.90 Å². The predicted octanol–water partition coefficient (Wildman–Crippen LogP) is 4.66. The van der Waals surface area contributed by atoms with E-state index >= 15 is 0 Å². The molecule has 0 aliphatic rings. The summed E-state index contributed by atoms with van der Waals surface area (Å²) < 4.78 is 23.0. The summed E-state index contributed by atoms with van der Waals surface area (Å²) in [5.41, 5.74) is 1.37. The lowest BCUT2D eigenvalue weighted by Crippen LogP contribution is -2.13. The van der Waals surface area contributed by atoms with E-state index < -0.39 is 15.9 Å². The Hall–Kier alpha value is -2.92. The molecule has 1 amide bonds. The van der Waals surface area contributed by atoms with Gasteiger partial charge in [0.1, 0.15) is 5.75 Å². The summed E-state index contributed by atoms with van der Waals surface area (Å²) in [4.78, 5) is 12.8. The van der Waals surface area contributed by atoms with E-state index in [9.17, 15) is 9.00 Å². The van der Waals surface area contributed by atoms with E-state index in [1.165, 1.54) is 0 Å². The van der Waals surface area contributed by atoms with Gasteiger partial charge in [-0.05, 0) is 43.3 Å². The van der Waals surface area contributed by atoms with Gasteiger partial charge in [-0.25, -0.2) is 4.21 Å². The SMILES string of the molecule is Cc1ccc([S@](=O)(=NC(=O)c2ccccc2)Oc2ccccc2)cc1. The Morgan fingerprint density at radius 1 is 0.840 bits per heavy atom.